The SMILES string of the molecule is Brc1cccc(CNC2CC2)c1OCc1cscn1. The van der Waals surface area contributed by atoms with Gasteiger partial charge in [-0.05, 0) is 34.8 Å². The Morgan fingerprint density at radius 1 is 1.42 bits per heavy atom. The second-order valence-electron chi connectivity index (χ2n) is 4.65. The van der Waals surface area contributed by atoms with Crippen LogP contribution in [0.3, 0.4) is 0 Å². The standard InChI is InChI=1S/C14H15BrN2OS/c15-13-3-1-2-10(6-16-11-4-5-11)14(13)18-7-12-8-19-9-17-12/h1-3,8-9,11,16H,4-7H2. The molecule has 0 aliphatic heterocycles. The molecule has 0 spiro atoms. The number of halogens is 1. The number of nitrogens with zero attached hydrogens (tertiary/aromatic N) is 1. The first-order valence-corrected chi connectivity index (χ1v) is 8.07. The van der Waals surface area contributed by atoms with Gasteiger partial charge in [-0.1, -0.05) is 12.1 Å². The molecule has 1 N–H and O–H groups in total. The van der Waals surface area contributed by atoms with Gasteiger partial charge in [-0.25, -0.2) is 4.98 Å². The summed E-state index contributed by atoms with van der Waals surface area (Å²) in [5.41, 5.74) is 3.99. The highest BCUT2D eigenvalue weighted by molar-refractivity contribution is 9.10. The van der Waals surface area contributed by atoms with Crippen LogP contribution in [0.2, 0.25) is 0 Å². The van der Waals surface area contributed by atoms with E-state index in [9.17, 15) is 0 Å². The van der Waals surface area contributed by atoms with Crippen LogP contribution in [0, 0.1) is 0 Å². The first-order valence-electron chi connectivity index (χ1n) is 6.33. The van der Waals surface area contributed by atoms with Gasteiger partial charge in [0, 0.05) is 23.5 Å². The van der Waals surface area contributed by atoms with E-state index >= 15 is 0 Å². The summed E-state index contributed by atoms with van der Waals surface area (Å²) in [5.74, 6) is 0.920. The van der Waals surface area contributed by atoms with Crippen LogP contribution in [-0.4, -0.2) is 11.0 Å². The van der Waals surface area contributed by atoms with Gasteiger partial charge in [0.05, 0.1) is 15.7 Å². The van der Waals surface area contributed by atoms with Crippen LogP contribution >= 0.6 is 27.3 Å². The fourth-order valence-electron chi connectivity index (χ4n) is 1.85. The second kappa shape index (κ2) is 6.03. The Hall–Kier alpha value is -0.910. The third-order valence-electron chi connectivity index (χ3n) is 3.05. The van der Waals surface area contributed by atoms with Crippen molar-refractivity contribution in [1.82, 2.24) is 10.3 Å². The highest BCUT2D eigenvalue weighted by Gasteiger charge is 2.21. The molecule has 100 valence electrons. The molecular weight excluding hydrogens is 324 g/mol. The number of hydrogen-bond donors (Lipinski definition) is 1. The second-order valence-corrected chi connectivity index (χ2v) is 6.22. The third kappa shape index (κ3) is 3.55. The van der Waals surface area contributed by atoms with Gasteiger partial charge in [-0.2, -0.15) is 0 Å². The normalized spacial score (nSPS) is 14.6. The molecule has 3 nitrogen and oxygen atoms in total. The molecule has 0 atom stereocenters. The van der Waals surface area contributed by atoms with Gasteiger partial charge in [0.1, 0.15) is 12.4 Å². The fourth-order valence-corrected chi connectivity index (χ4v) is 2.92. The van der Waals surface area contributed by atoms with Gasteiger partial charge < -0.3 is 10.1 Å². The largest absolute Gasteiger partial charge is 0.486 e. The molecule has 19 heavy (non-hydrogen) atoms. The van der Waals surface area contributed by atoms with Crippen molar-refractivity contribution >= 4 is 27.3 Å². The van der Waals surface area contributed by atoms with Gasteiger partial charge >= 0.3 is 0 Å². The molecule has 1 heterocycles. The summed E-state index contributed by atoms with van der Waals surface area (Å²) in [6.07, 6.45) is 2.59. The monoisotopic (exact) mass is 338 g/mol. The molecule has 5 heteroatoms. The number of benzene rings is 1. The van der Waals surface area contributed by atoms with Crippen LogP contribution in [0.4, 0.5) is 0 Å². The minimum absolute atomic E-state index is 0.516. The number of nitrogens with one attached hydrogen (secondary N) is 1. The van der Waals surface area contributed by atoms with E-state index in [1.165, 1.54) is 18.4 Å². The van der Waals surface area contributed by atoms with Crippen LogP contribution in [0.5, 0.6) is 5.75 Å². The number of thiazole rings is 1. The smallest absolute Gasteiger partial charge is 0.138 e. The fraction of sp³-hybridized carbons (Fsp3) is 0.357. The number of hydrogen-bond acceptors (Lipinski definition) is 4. The molecule has 1 aliphatic carbocycles. The molecule has 0 unspecified atom stereocenters. The summed E-state index contributed by atoms with van der Waals surface area (Å²) < 4.78 is 6.92. The van der Waals surface area contributed by atoms with Crippen molar-refractivity contribution in [1.29, 1.82) is 0 Å². The van der Waals surface area contributed by atoms with Crippen molar-refractivity contribution in [3.05, 3.63) is 44.8 Å². The van der Waals surface area contributed by atoms with E-state index in [0.717, 1.165) is 22.5 Å². The Kier molecular flexibility index (Phi) is 4.15. The summed E-state index contributed by atoms with van der Waals surface area (Å²) in [6.45, 7) is 1.37. The summed E-state index contributed by atoms with van der Waals surface area (Å²) in [6, 6.07) is 6.86. The summed E-state index contributed by atoms with van der Waals surface area (Å²) in [5, 5.41) is 5.53. The molecule has 1 aliphatic rings. The predicted molar refractivity (Wildman–Crippen MR) is 80.4 cm³/mol. The van der Waals surface area contributed by atoms with E-state index in [0.29, 0.717) is 12.6 Å². The van der Waals surface area contributed by atoms with E-state index in [1.807, 2.05) is 23.0 Å². The lowest BCUT2D eigenvalue weighted by Gasteiger charge is -2.13. The zero-order chi connectivity index (χ0) is 13.1. The first-order chi connectivity index (χ1) is 9.33. The molecule has 1 saturated carbocycles. The van der Waals surface area contributed by atoms with Gasteiger partial charge in [-0.15, -0.1) is 11.3 Å². The van der Waals surface area contributed by atoms with Crippen molar-refractivity contribution in [2.45, 2.75) is 32.0 Å². The maximum Gasteiger partial charge on any atom is 0.138 e. The van der Waals surface area contributed by atoms with Crippen molar-refractivity contribution in [3.63, 3.8) is 0 Å². The van der Waals surface area contributed by atoms with Crippen LogP contribution in [0.1, 0.15) is 24.1 Å². The van der Waals surface area contributed by atoms with E-state index in [2.05, 4.69) is 32.3 Å². The predicted octanol–water partition coefficient (Wildman–Crippen LogP) is 3.74. The van der Waals surface area contributed by atoms with E-state index < -0.39 is 0 Å². The van der Waals surface area contributed by atoms with Crippen LogP contribution in [-0.2, 0) is 13.2 Å². The van der Waals surface area contributed by atoms with E-state index in [-0.39, 0.29) is 0 Å². The Balaban J connectivity index is 1.69. The highest BCUT2D eigenvalue weighted by Crippen LogP contribution is 2.30. The molecule has 1 aromatic carbocycles. The molecular formula is C14H15BrN2OS. The minimum atomic E-state index is 0.516. The van der Waals surface area contributed by atoms with E-state index in [1.54, 1.807) is 11.3 Å². The first kappa shape index (κ1) is 13.1. The van der Waals surface area contributed by atoms with Gasteiger partial charge in [0.15, 0.2) is 0 Å². The molecule has 0 saturated heterocycles. The zero-order valence-electron chi connectivity index (χ0n) is 10.4. The third-order valence-corrected chi connectivity index (χ3v) is 4.31. The van der Waals surface area contributed by atoms with Crippen LogP contribution < -0.4 is 10.1 Å². The minimum Gasteiger partial charge on any atom is -0.486 e. The van der Waals surface area contributed by atoms with Crippen molar-refractivity contribution in [2.24, 2.45) is 0 Å². The summed E-state index contributed by atoms with van der Waals surface area (Å²) in [7, 11) is 0. The van der Waals surface area contributed by atoms with Crippen molar-refractivity contribution in [3.8, 4) is 5.75 Å². The van der Waals surface area contributed by atoms with Gasteiger partial charge in [0.25, 0.3) is 0 Å². The number of rotatable bonds is 6. The number of aromatic nitrogens is 1. The molecule has 1 fully saturated rings. The lowest BCUT2D eigenvalue weighted by atomic mass is 10.2. The summed E-state index contributed by atoms with van der Waals surface area (Å²) in [4.78, 5) is 4.24. The van der Waals surface area contributed by atoms with Crippen molar-refractivity contribution in [2.75, 3.05) is 0 Å². The Morgan fingerprint density at radius 3 is 3.05 bits per heavy atom. The lowest BCUT2D eigenvalue weighted by molar-refractivity contribution is 0.296. The number of ether oxygens (including phenoxy) is 1. The molecule has 1 aromatic heterocycles. The van der Waals surface area contributed by atoms with E-state index in [4.69, 9.17) is 4.74 Å². The molecule has 0 amide bonds. The Morgan fingerprint density at radius 2 is 2.32 bits per heavy atom. The average molecular weight is 339 g/mol. The maximum atomic E-state index is 5.92. The van der Waals surface area contributed by atoms with Crippen LogP contribution in [0.25, 0.3) is 0 Å². The molecule has 0 bridgehead atoms. The molecule has 2 aromatic rings. The molecule has 0 radical (unpaired) electrons. The maximum absolute atomic E-state index is 5.92. The van der Waals surface area contributed by atoms with Gasteiger partial charge in [0.2, 0.25) is 0 Å². The van der Waals surface area contributed by atoms with Gasteiger partial charge in [-0.3, -0.25) is 0 Å². The average Bonchev–Trinajstić information content (AvgIpc) is 3.10. The Bertz CT molecular complexity index is 540. The Labute approximate surface area is 125 Å². The summed E-state index contributed by atoms with van der Waals surface area (Å²) >= 11 is 5.15. The highest BCUT2D eigenvalue weighted by atomic mass is 79.9. The van der Waals surface area contributed by atoms with Crippen molar-refractivity contribution < 1.29 is 4.74 Å². The number of para-hydroxylation sites is 1. The molecule has 3 rings (SSSR count). The zero-order valence-corrected chi connectivity index (χ0v) is 12.8. The lowest BCUT2D eigenvalue weighted by Crippen LogP contribution is -2.16. The quantitative estimate of drug-likeness (QED) is 0.871. The van der Waals surface area contributed by atoms with Crippen LogP contribution in [0.15, 0.2) is 33.6 Å². The topological polar surface area (TPSA) is 34.1 Å².